The smallest absolute Gasteiger partial charge is 0.414 e. The van der Waals surface area contributed by atoms with E-state index in [1.54, 1.807) is 79.9 Å². The molecular weight excluding hydrogens is 809 g/mol. The van der Waals surface area contributed by atoms with E-state index >= 15 is 0 Å². The summed E-state index contributed by atoms with van der Waals surface area (Å²) >= 11 is 0. The van der Waals surface area contributed by atoms with Gasteiger partial charge in [0, 0.05) is 51.4 Å². The Hall–Kier alpha value is -6.89. The lowest BCUT2D eigenvalue weighted by molar-refractivity contribution is -0.140. The maximum absolute atomic E-state index is 12.6. The standard InChI is InChI=1S/C47H60N6O10/c1-46(2,3)62-42(55)48-29-13-31-60-44(57)52(7)38-25-19-34(20-26-38)17-23-36-33-37(51-40(50-36)15-11-10-12-16-41(54)59-9)24-18-35-21-27-39(28-22-35)53(8)45(58)61-32-14-30-49-43(56)63-47(4,5)6/h17-28,33H,10,12-14,16,29-32H2,1-9H3,(H,48,55)(H,49,56)/b23-17+,24-18+. The van der Waals surface area contributed by atoms with Crippen LogP contribution in [-0.2, 0) is 28.5 Å². The lowest BCUT2D eigenvalue weighted by atomic mass is 10.1. The van der Waals surface area contributed by atoms with Gasteiger partial charge in [-0.15, -0.1) is 0 Å². The third-order valence-electron chi connectivity index (χ3n) is 8.31. The van der Waals surface area contributed by atoms with Crippen molar-refractivity contribution in [2.75, 3.05) is 57.3 Å². The molecule has 16 heteroatoms. The molecule has 2 N–H and O–H groups in total. The van der Waals surface area contributed by atoms with Crippen LogP contribution in [0.3, 0.4) is 0 Å². The molecule has 0 aliphatic rings. The highest BCUT2D eigenvalue weighted by Gasteiger charge is 2.18. The van der Waals surface area contributed by atoms with Crippen LogP contribution < -0.4 is 20.4 Å². The van der Waals surface area contributed by atoms with Crippen LogP contribution >= 0.6 is 0 Å². The number of ether oxygens (including phenoxy) is 5. The van der Waals surface area contributed by atoms with Gasteiger partial charge in [0.05, 0.1) is 31.7 Å². The highest BCUT2D eigenvalue weighted by atomic mass is 16.6. The minimum atomic E-state index is -0.595. The number of alkyl carbamates (subject to hydrolysis) is 2. The van der Waals surface area contributed by atoms with Crippen molar-refractivity contribution >= 4 is 66.0 Å². The first-order chi connectivity index (χ1) is 29.8. The number of hydrogen-bond donors (Lipinski definition) is 2. The van der Waals surface area contributed by atoms with Gasteiger partial charge in [0.15, 0.2) is 0 Å². The van der Waals surface area contributed by atoms with Crippen molar-refractivity contribution in [2.24, 2.45) is 0 Å². The van der Waals surface area contributed by atoms with E-state index in [2.05, 4.69) is 32.4 Å². The van der Waals surface area contributed by atoms with Crippen LogP contribution in [0.2, 0.25) is 0 Å². The van der Waals surface area contributed by atoms with Gasteiger partial charge < -0.3 is 34.3 Å². The van der Waals surface area contributed by atoms with Gasteiger partial charge in [0.1, 0.15) is 11.2 Å². The molecule has 16 nitrogen and oxygen atoms in total. The number of rotatable bonds is 17. The Balaban J connectivity index is 1.63. The van der Waals surface area contributed by atoms with Gasteiger partial charge in [0.25, 0.3) is 0 Å². The van der Waals surface area contributed by atoms with E-state index in [1.807, 2.05) is 54.6 Å². The molecular formula is C47H60N6O10. The fraction of sp³-hybridized carbons (Fsp3) is 0.426. The molecule has 0 aliphatic heterocycles. The second kappa shape index (κ2) is 25.1. The number of nitrogens with one attached hydrogen (secondary N) is 2. The van der Waals surface area contributed by atoms with E-state index in [4.69, 9.17) is 23.7 Å². The molecule has 63 heavy (non-hydrogen) atoms. The second-order valence-electron chi connectivity index (χ2n) is 16.0. The van der Waals surface area contributed by atoms with E-state index in [1.165, 1.54) is 16.9 Å². The van der Waals surface area contributed by atoms with Crippen molar-refractivity contribution in [1.29, 1.82) is 0 Å². The van der Waals surface area contributed by atoms with Crippen LogP contribution in [0.5, 0.6) is 0 Å². The third kappa shape index (κ3) is 20.5. The lowest BCUT2D eigenvalue weighted by Crippen LogP contribution is -2.33. The van der Waals surface area contributed by atoms with Crippen LogP contribution in [-0.4, -0.2) is 99.0 Å². The highest BCUT2D eigenvalue weighted by Crippen LogP contribution is 2.19. The number of amides is 4. The Morgan fingerprint density at radius 1 is 0.651 bits per heavy atom. The molecule has 1 heterocycles. The lowest BCUT2D eigenvalue weighted by Gasteiger charge is -2.20. The number of benzene rings is 2. The van der Waals surface area contributed by atoms with Crippen molar-refractivity contribution in [3.05, 3.63) is 82.9 Å². The third-order valence-corrected chi connectivity index (χ3v) is 8.31. The summed E-state index contributed by atoms with van der Waals surface area (Å²) in [7, 11) is 4.58. The van der Waals surface area contributed by atoms with Gasteiger partial charge >= 0.3 is 30.3 Å². The summed E-state index contributed by atoms with van der Waals surface area (Å²) in [6.07, 6.45) is 7.44. The molecule has 3 rings (SSSR count). The topological polar surface area (TPSA) is 188 Å². The molecule has 0 atom stereocenters. The molecule has 3 aromatic rings. The summed E-state index contributed by atoms with van der Waals surface area (Å²) in [6, 6.07) is 16.4. The fourth-order valence-corrected chi connectivity index (χ4v) is 5.14. The van der Waals surface area contributed by atoms with Gasteiger partial charge in [-0.05, 0) is 120 Å². The molecule has 4 amide bonds. The number of carbonyl (C=O) groups is 5. The van der Waals surface area contributed by atoms with E-state index in [-0.39, 0.29) is 25.6 Å². The molecule has 0 saturated carbocycles. The van der Waals surface area contributed by atoms with Crippen molar-refractivity contribution in [1.82, 2.24) is 20.6 Å². The van der Waals surface area contributed by atoms with Crippen LogP contribution in [0.4, 0.5) is 30.6 Å². The molecule has 0 fully saturated rings. The fourth-order valence-electron chi connectivity index (χ4n) is 5.14. The van der Waals surface area contributed by atoms with Crippen molar-refractivity contribution < 1.29 is 47.7 Å². The normalized spacial score (nSPS) is 11.3. The maximum atomic E-state index is 12.6. The SMILES string of the molecule is COC(=O)CCCC#Cc1nc(/C=C/c2ccc(N(C)C(=O)OCCCNC(=O)OC(C)(C)C)cc2)cc(/C=C/c2ccc(N(C)C(=O)OCCCNC(=O)OC(C)(C)C)cc2)n1. The van der Waals surface area contributed by atoms with Crippen molar-refractivity contribution in [2.45, 2.75) is 84.8 Å². The quantitative estimate of drug-likeness (QED) is 0.0571. The first-order valence-electron chi connectivity index (χ1n) is 20.6. The number of methoxy groups -OCH3 is 1. The average molecular weight is 869 g/mol. The number of esters is 1. The van der Waals surface area contributed by atoms with E-state index in [0.29, 0.717) is 67.4 Å². The Morgan fingerprint density at radius 3 is 1.48 bits per heavy atom. The second-order valence-corrected chi connectivity index (χ2v) is 16.0. The van der Waals surface area contributed by atoms with Crippen LogP contribution in [0, 0.1) is 11.8 Å². The molecule has 0 aliphatic carbocycles. The number of unbranched alkanes of at least 4 members (excludes halogenated alkanes) is 1. The minimum absolute atomic E-state index is 0.124. The average Bonchev–Trinajstić information content (AvgIpc) is 3.22. The molecule has 1 aromatic heterocycles. The number of hydrogen-bond acceptors (Lipinski definition) is 12. The first kappa shape index (κ1) is 50.5. The Morgan fingerprint density at radius 2 is 1.08 bits per heavy atom. The molecule has 0 spiro atoms. The summed E-state index contributed by atoms with van der Waals surface area (Å²) in [4.78, 5) is 72.4. The van der Waals surface area contributed by atoms with Crippen molar-refractivity contribution in [3.8, 4) is 11.8 Å². The number of carbonyl (C=O) groups excluding carboxylic acids is 5. The van der Waals surface area contributed by atoms with Gasteiger partial charge in [0.2, 0.25) is 5.82 Å². The highest BCUT2D eigenvalue weighted by molar-refractivity contribution is 5.88. The molecule has 0 saturated heterocycles. The Bertz CT molecular complexity index is 1980. The van der Waals surface area contributed by atoms with Gasteiger partial charge in [-0.2, -0.15) is 0 Å². The van der Waals surface area contributed by atoms with Gasteiger partial charge in [-0.3, -0.25) is 14.6 Å². The summed E-state index contributed by atoms with van der Waals surface area (Å²) in [5.74, 6) is 6.05. The predicted octanol–water partition coefficient (Wildman–Crippen LogP) is 8.49. The largest absolute Gasteiger partial charge is 0.469 e. The zero-order chi connectivity index (χ0) is 46.4. The van der Waals surface area contributed by atoms with Crippen LogP contribution in [0.25, 0.3) is 24.3 Å². The van der Waals surface area contributed by atoms with Crippen LogP contribution in [0.15, 0.2) is 54.6 Å². The summed E-state index contributed by atoms with van der Waals surface area (Å²) in [6.45, 7) is 11.5. The number of anilines is 2. The summed E-state index contributed by atoms with van der Waals surface area (Å²) in [5, 5.41) is 5.27. The molecule has 338 valence electrons. The Labute approximate surface area is 370 Å². The van der Waals surface area contributed by atoms with E-state index in [0.717, 1.165) is 11.1 Å². The van der Waals surface area contributed by atoms with Crippen LogP contribution in [0.1, 0.15) is 102 Å². The van der Waals surface area contributed by atoms with Crippen molar-refractivity contribution in [3.63, 3.8) is 0 Å². The maximum Gasteiger partial charge on any atom is 0.414 e. The molecule has 0 bridgehead atoms. The Kier molecular flexibility index (Phi) is 20.1. The van der Waals surface area contributed by atoms with Gasteiger partial charge in [-0.25, -0.2) is 29.1 Å². The zero-order valence-corrected chi connectivity index (χ0v) is 37.7. The van der Waals surface area contributed by atoms with E-state index in [9.17, 15) is 24.0 Å². The molecule has 2 aromatic carbocycles. The summed E-state index contributed by atoms with van der Waals surface area (Å²) < 4.78 is 25.8. The molecule has 0 unspecified atom stereocenters. The summed E-state index contributed by atoms with van der Waals surface area (Å²) in [5.41, 5.74) is 2.98. The number of nitrogens with zero attached hydrogens (tertiary/aromatic N) is 4. The zero-order valence-electron chi connectivity index (χ0n) is 37.7. The minimum Gasteiger partial charge on any atom is -0.469 e. The monoisotopic (exact) mass is 868 g/mol. The first-order valence-corrected chi connectivity index (χ1v) is 20.6. The van der Waals surface area contributed by atoms with E-state index < -0.39 is 35.6 Å². The molecule has 0 radical (unpaired) electrons. The number of aromatic nitrogens is 2. The van der Waals surface area contributed by atoms with Gasteiger partial charge in [-0.1, -0.05) is 42.3 Å². The predicted molar refractivity (Wildman–Crippen MR) is 243 cm³/mol.